The molecule has 0 saturated carbocycles. The van der Waals surface area contributed by atoms with Crippen LogP contribution in [0.3, 0.4) is 0 Å². The van der Waals surface area contributed by atoms with Crippen molar-refractivity contribution in [3.05, 3.63) is 76.8 Å². The highest BCUT2D eigenvalue weighted by Gasteiger charge is 2.05. The molecule has 1 heterocycles. The summed E-state index contributed by atoms with van der Waals surface area (Å²) in [6.07, 6.45) is 3.76. The SMILES string of the molecule is COc1cccc(OCc2nccn2Cc2ccc(Br)cc2)c1. The van der Waals surface area contributed by atoms with Gasteiger partial charge in [0.25, 0.3) is 0 Å². The Kier molecular flexibility index (Phi) is 4.98. The number of hydrogen-bond acceptors (Lipinski definition) is 3. The average Bonchev–Trinajstić information content (AvgIpc) is 3.02. The maximum Gasteiger partial charge on any atom is 0.147 e. The molecule has 118 valence electrons. The van der Waals surface area contributed by atoms with E-state index in [1.165, 1.54) is 5.56 Å². The maximum absolute atomic E-state index is 5.82. The number of ether oxygens (including phenoxy) is 2. The third kappa shape index (κ3) is 4.13. The van der Waals surface area contributed by atoms with Crippen LogP contribution in [0.4, 0.5) is 0 Å². The second kappa shape index (κ2) is 7.33. The molecule has 2 aromatic carbocycles. The van der Waals surface area contributed by atoms with Crippen molar-refractivity contribution < 1.29 is 9.47 Å². The van der Waals surface area contributed by atoms with Crippen molar-refractivity contribution in [3.8, 4) is 11.5 Å². The van der Waals surface area contributed by atoms with Crippen LogP contribution >= 0.6 is 15.9 Å². The summed E-state index contributed by atoms with van der Waals surface area (Å²) >= 11 is 3.45. The molecule has 0 N–H and O–H groups in total. The summed E-state index contributed by atoms with van der Waals surface area (Å²) in [6, 6.07) is 15.8. The van der Waals surface area contributed by atoms with Crippen LogP contribution in [-0.4, -0.2) is 16.7 Å². The van der Waals surface area contributed by atoms with Gasteiger partial charge in [0.15, 0.2) is 0 Å². The highest BCUT2D eigenvalue weighted by atomic mass is 79.9. The summed E-state index contributed by atoms with van der Waals surface area (Å²) in [5.74, 6) is 2.43. The van der Waals surface area contributed by atoms with E-state index in [2.05, 4.69) is 37.6 Å². The van der Waals surface area contributed by atoms with Crippen LogP contribution in [0.25, 0.3) is 0 Å². The Hall–Kier alpha value is -2.27. The van der Waals surface area contributed by atoms with E-state index in [0.29, 0.717) is 6.61 Å². The Morgan fingerprint density at radius 1 is 1.09 bits per heavy atom. The molecule has 0 fully saturated rings. The van der Waals surface area contributed by atoms with Gasteiger partial charge in [0.05, 0.1) is 7.11 Å². The number of hydrogen-bond donors (Lipinski definition) is 0. The zero-order valence-corrected chi connectivity index (χ0v) is 14.4. The highest BCUT2D eigenvalue weighted by molar-refractivity contribution is 9.10. The molecule has 3 rings (SSSR count). The third-order valence-electron chi connectivity index (χ3n) is 3.48. The van der Waals surface area contributed by atoms with Crippen molar-refractivity contribution in [2.75, 3.05) is 7.11 Å². The second-order valence-electron chi connectivity index (χ2n) is 5.07. The Morgan fingerprint density at radius 2 is 1.87 bits per heavy atom. The first-order chi connectivity index (χ1) is 11.2. The Bertz CT molecular complexity index is 769. The van der Waals surface area contributed by atoms with Crippen LogP contribution in [0, 0.1) is 0 Å². The zero-order chi connectivity index (χ0) is 16.1. The summed E-state index contributed by atoms with van der Waals surface area (Å²) in [5.41, 5.74) is 1.22. The molecule has 0 unspecified atom stereocenters. The van der Waals surface area contributed by atoms with Crippen LogP contribution in [0.15, 0.2) is 65.4 Å². The number of halogens is 1. The summed E-state index contributed by atoms with van der Waals surface area (Å²) in [5, 5.41) is 0. The minimum absolute atomic E-state index is 0.413. The third-order valence-corrected chi connectivity index (χ3v) is 4.01. The first kappa shape index (κ1) is 15.6. The summed E-state index contributed by atoms with van der Waals surface area (Å²) in [6.45, 7) is 1.18. The summed E-state index contributed by atoms with van der Waals surface area (Å²) in [7, 11) is 1.64. The number of benzene rings is 2. The first-order valence-corrected chi connectivity index (χ1v) is 8.05. The van der Waals surface area contributed by atoms with Gasteiger partial charge in [0.2, 0.25) is 0 Å². The molecule has 0 aliphatic rings. The molecule has 0 amide bonds. The van der Waals surface area contributed by atoms with E-state index in [9.17, 15) is 0 Å². The fraction of sp³-hybridized carbons (Fsp3) is 0.167. The van der Waals surface area contributed by atoms with E-state index in [1.807, 2.05) is 42.6 Å². The van der Waals surface area contributed by atoms with Crippen molar-refractivity contribution in [1.82, 2.24) is 9.55 Å². The number of nitrogens with zero attached hydrogens (tertiary/aromatic N) is 2. The lowest BCUT2D eigenvalue weighted by Gasteiger charge is -2.10. The smallest absolute Gasteiger partial charge is 0.147 e. The summed E-state index contributed by atoms with van der Waals surface area (Å²) in [4.78, 5) is 4.39. The highest BCUT2D eigenvalue weighted by Crippen LogP contribution is 2.20. The lowest BCUT2D eigenvalue weighted by atomic mass is 10.2. The molecule has 1 aromatic heterocycles. The van der Waals surface area contributed by atoms with Crippen molar-refractivity contribution in [1.29, 1.82) is 0 Å². The molecule has 0 bridgehead atoms. The average molecular weight is 373 g/mol. The molecular formula is C18H17BrN2O2. The second-order valence-corrected chi connectivity index (χ2v) is 5.98. The van der Waals surface area contributed by atoms with Crippen molar-refractivity contribution in [2.24, 2.45) is 0 Å². The molecule has 3 aromatic rings. The monoisotopic (exact) mass is 372 g/mol. The van der Waals surface area contributed by atoms with Gasteiger partial charge in [-0.15, -0.1) is 0 Å². The lowest BCUT2D eigenvalue weighted by molar-refractivity contribution is 0.288. The minimum atomic E-state index is 0.413. The van der Waals surface area contributed by atoms with E-state index in [1.54, 1.807) is 13.3 Å². The zero-order valence-electron chi connectivity index (χ0n) is 12.8. The van der Waals surface area contributed by atoms with Crippen LogP contribution in [0.2, 0.25) is 0 Å². The van der Waals surface area contributed by atoms with E-state index in [-0.39, 0.29) is 0 Å². The Labute approximate surface area is 143 Å². The molecule has 0 spiro atoms. The predicted octanol–water partition coefficient (Wildman–Crippen LogP) is 4.28. The van der Waals surface area contributed by atoms with Gasteiger partial charge < -0.3 is 14.0 Å². The van der Waals surface area contributed by atoms with Crippen molar-refractivity contribution in [2.45, 2.75) is 13.2 Å². The number of rotatable bonds is 6. The molecule has 23 heavy (non-hydrogen) atoms. The summed E-state index contributed by atoms with van der Waals surface area (Å²) < 4.78 is 14.2. The van der Waals surface area contributed by atoms with Gasteiger partial charge >= 0.3 is 0 Å². The fourth-order valence-corrected chi connectivity index (χ4v) is 2.51. The van der Waals surface area contributed by atoms with Crippen LogP contribution < -0.4 is 9.47 Å². The topological polar surface area (TPSA) is 36.3 Å². The van der Waals surface area contributed by atoms with Crippen LogP contribution in [0.5, 0.6) is 11.5 Å². The van der Waals surface area contributed by atoms with Crippen molar-refractivity contribution >= 4 is 15.9 Å². The molecule has 4 nitrogen and oxygen atoms in total. The first-order valence-electron chi connectivity index (χ1n) is 7.26. The standard InChI is InChI=1S/C18H17BrN2O2/c1-22-16-3-2-4-17(11-16)23-13-18-20-9-10-21(18)12-14-5-7-15(19)8-6-14/h2-11H,12-13H2,1H3. The normalized spacial score (nSPS) is 10.5. The maximum atomic E-state index is 5.82. The number of methoxy groups -OCH3 is 1. The van der Waals surface area contributed by atoms with Crippen LogP contribution in [0.1, 0.15) is 11.4 Å². The van der Waals surface area contributed by atoms with Gasteiger partial charge in [0, 0.05) is 29.5 Å². The number of aromatic nitrogens is 2. The van der Waals surface area contributed by atoms with Gasteiger partial charge in [-0.05, 0) is 29.8 Å². The lowest BCUT2D eigenvalue weighted by Crippen LogP contribution is -2.07. The fourth-order valence-electron chi connectivity index (χ4n) is 2.25. The number of imidazole rings is 1. The van der Waals surface area contributed by atoms with Crippen molar-refractivity contribution in [3.63, 3.8) is 0 Å². The minimum Gasteiger partial charge on any atom is -0.497 e. The Morgan fingerprint density at radius 3 is 2.65 bits per heavy atom. The van der Waals surface area contributed by atoms with Gasteiger partial charge in [-0.25, -0.2) is 4.98 Å². The molecule has 0 saturated heterocycles. The molecular weight excluding hydrogens is 356 g/mol. The Balaban J connectivity index is 1.67. The van der Waals surface area contributed by atoms with E-state index in [0.717, 1.165) is 28.3 Å². The van der Waals surface area contributed by atoms with Gasteiger partial charge in [-0.2, -0.15) is 0 Å². The molecule has 0 aliphatic heterocycles. The van der Waals surface area contributed by atoms with Crippen LogP contribution in [-0.2, 0) is 13.2 Å². The largest absolute Gasteiger partial charge is 0.497 e. The van der Waals surface area contributed by atoms with E-state index < -0.39 is 0 Å². The van der Waals surface area contributed by atoms with Gasteiger partial charge in [0.1, 0.15) is 23.9 Å². The van der Waals surface area contributed by atoms with Gasteiger partial charge in [-0.3, -0.25) is 0 Å². The molecule has 0 radical (unpaired) electrons. The predicted molar refractivity (Wildman–Crippen MR) is 92.8 cm³/mol. The van der Waals surface area contributed by atoms with E-state index in [4.69, 9.17) is 9.47 Å². The molecule has 0 atom stereocenters. The van der Waals surface area contributed by atoms with E-state index >= 15 is 0 Å². The molecule has 5 heteroatoms. The quantitative estimate of drug-likeness (QED) is 0.647. The van der Waals surface area contributed by atoms with Gasteiger partial charge in [-0.1, -0.05) is 34.1 Å². The molecule has 0 aliphatic carbocycles.